The summed E-state index contributed by atoms with van der Waals surface area (Å²) in [5.41, 5.74) is 0.0333. The molecule has 7 heteroatoms. The summed E-state index contributed by atoms with van der Waals surface area (Å²) in [5, 5.41) is 14.2. The molecular formula is C13H17ClN2O4. The van der Waals surface area contributed by atoms with Crippen molar-refractivity contribution in [1.82, 2.24) is 5.32 Å². The number of aromatic carboxylic acids is 1. The Bertz CT molecular complexity index is 479. The van der Waals surface area contributed by atoms with Crippen LogP contribution in [0.4, 0.5) is 10.5 Å². The lowest BCUT2D eigenvalue weighted by Gasteiger charge is -2.10. The smallest absolute Gasteiger partial charge is 0.339 e. The summed E-state index contributed by atoms with van der Waals surface area (Å²) in [6.45, 7) is 3.53. The van der Waals surface area contributed by atoms with Crippen LogP contribution in [0.2, 0.25) is 5.02 Å². The normalized spacial score (nSPS) is 10.1. The number of urea groups is 1. The summed E-state index contributed by atoms with van der Waals surface area (Å²) < 4.78 is 5.13. The molecule has 1 aromatic carbocycles. The minimum Gasteiger partial charge on any atom is -0.478 e. The van der Waals surface area contributed by atoms with E-state index < -0.39 is 12.0 Å². The van der Waals surface area contributed by atoms with Gasteiger partial charge in [-0.05, 0) is 25.5 Å². The largest absolute Gasteiger partial charge is 0.478 e. The molecule has 2 amide bonds. The molecular weight excluding hydrogens is 284 g/mol. The third-order valence-electron chi connectivity index (χ3n) is 2.43. The molecule has 0 bridgehead atoms. The van der Waals surface area contributed by atoms with Crippen LogP contribution in [0.5, 0.6) is 0 Å². The highest BCUT2D eigenvalue weighted by molar-refractivity contribution is 6.34. The van der Waals surface area contributed by atoms with Gasteiger partial charge in [-0.15, -0.1) is 0 Å². The average molecular weight is 301 g/mol. The van der Waals surface area contributed by atoms with Crippen molar-refractivity contribution in [2.24, 2.45) is 0 Å². The van der Waals surface area contributed by atoms with Gasteiger partial charge in [0, 0.05) is 19.8 Å². The van der Waals surface area contributed by atoms with Gasteiger partial charge in [-0.1, -0.05) is 17.7 Å². The molecule has 3 N–H and O–H groups in total. The second-order valence-corrected chi connectivity index (χ2v) is 4.31. The number of amides is 2. The lowest BCUT2D eigenvalue weighted by Crippen LogP contribution is -2.30. The predicted molar refractivity (Wildman–Crippen MR) is 76.5 cm³/mol. The Hall–Kier alpha value is -1.79. The van der Waals surface area contributed by atoms with Crippen molar-refractivity contribution in [1.29, 1.82) is 0 Å². The molecule has 0 aliphatic rings. The van der Waals surface area contributed by atoms with E-state index in [0.29, 0.717) is 26.2 Å². The highest BCUT2D eigenvalue weighted by Gasteiger charge is 2.15. The number of hydrogen-bond acceptors (Lipinski definition) is 3. The van der Waals surface area contributed by atoms with Gasteiger partial charge in [0.1, 0.15) is 5.56 Å². The van der Waals surface area contributed by atoms with Crippen molar-refractivity contribution in [3.05, 3.63) is 28.8 Å². The first-order chi connectivity index (χ1) is 9.56. The number of carbonyl (C=O) groups is 2. The van der Waals surface area contributed by atoms with Crippen molar-refractivity contribution < 1.29 is 19.4 Å². The monoisotopic (exact) mass is 300 g/mol. The summed E-state index contributed by atoms with van der Waals surface area (Å²) in [6.07, 6.45) is 0.683. The van der Waals surface area contributed by atoms with E-state index in [4.69, 9.17) is 21.4 Å². The number of ether oxygens (including phenoxy) is 1. The Labute approximate surface area is 122 Å². The number of carboxylic acid groups (broad SMARTS) is 1. The summed E-state index contributed by atoms with van der Waals surface area (Å²) in [6, 6.07) is 4.02. The number of halogens is 1. The minimum absolute atomic E-state index is 0.0756. The van der Waals surface area contributed by atoms with Gasteiger partial charge in [0.25, 0.3) is 0 Å². The second kappa shape index (κ2) is 8.39. The summed E-state index contributed by atoms with van der Waals surface area (Å²) in [5.74, 6) is -1.19. The van der Waals surface area contributed by atoms with E-state index in [2.05, 4.69) is 10.6 Å². The first kappa shape index (κ1) is 16.3. The average Bonchev–Trinajstić information content (AvgIpc) is 2.38. The van der Waals surface area contributed by atoms with Gasteiger partial charge in [-0.3, -0.25) is 0 Å². The van der Waals surface area contributed by atoms with Crippen molar-refractivity contribution in [2.45, 2.75) is 13.3 Å². The number of carbonyl (C=O) groups excluding carboxylic acids is 1. The molecule has 0 fully saturated rings. The second-order valence-electron chi connectivity index (χ2n) is 3.90. The number of benzene rings is 1. The van der Waals surface area contributed by atoms with Crippen LogP contribution in [0.25, 0.3) is 0 Å². The Morgan fingerprint density at radius 3 is 2.80 bits per heavy atom. The standard InChI is InChI=1S/C13H17ClN2O4/c1-2-20-8-4-7-15-13(19)16-10-6-3-5-9(14)11(10)12(17)18/h3,5-6H,2,4,7-8H2,1H3,(H,17,18)(H2,15,16,19). The predicted octanol–water partition coefficient (Wildman–Crippen LogP) is 2.59. The SMILES string of the molecule is CCOCCCNC(=O)Nc1cccc(Cl)c1C(=O)O. The number of hydrogen-bond donors (Lipinski definition) is 3. The molecule has 0 atom stereocenters. The number of nitrogens with one attached hydrogen (secondary N) is 2. The van der Waals surface area contributed by atoms with Crippen LogP contribution in [0.15, 0.2) is 18.2 Å². The van der Waals surface area contributed by atoms with Gasteiger partial charge in [-0.25, -0.2) is 9.59 Å². The van der Waals surface area contributed by atoms with Gasteiger partial charge >= 0.3 is 12.0 Å². The number of rotatable bonds is 7. The lowest BCUT2D eigenvalue weighted by molar-refractivity contribution is 0.0698. The molecule has 0 radical (unpaired) electrons. The van der Waals surface area contributed by atoms with E-state index in [-0.39, 0.29) is 16.3 Å². The lowest BCUT2D eigenvalue weighted by atomic mass is 10.2. The van der Waals surface area contributed by atoms with Crippen LogP contribution in [0.3, 0.4) is 0 Å². The van der Waals surface area contributed by atoms with Crippen LogP contribution in [0.1, 0.15) is 23.7 Å². The number of anilines is 1. The van der Waals surface area contributed by atoms with E-state index in [1.807, 2.05) is 6.92 Å². The van der Waals surface area contributed by atoms with E-state index in [1.165, 1.54) is 12.1 Å². The van der Waals surface area contributed by atoms with Gasteiger partial charge in [0.15, 0.2) is 0 Å². The fraction of sp³-hybridized carbons (Fsp3) is 0.385. The minimum atomic E-state index is -1.19. The van der Waals surface area contributed by atoms with Crippen LogP contribution in [0, 0.1) is 0 Å². The molecule has 6 nitrogen and oxygen atoms in total. The molecule has 110 valence electrons. The van der Waals surface area contributed by atoms with Gasteiger partial charge < -0.3 is 20.5 Å². The molecule has 0 aliphatic carbocycles. The Kier molecular flexibility index (Phi) is 6.83. The first-order valence-corrected chi connectivity index (χ1v) is 6.58. The third kappa shape index (κ3) is 5.07. The van der Waals surface area contributed by atoms with Crippen LogP contribution in [-0.2, 0) is 4.74 Å². The molecule has 1 aromatic rings. The van der Waals surface area contributed by atoms with Gasteiger partial charge in [0.05, 0.1) is 10.7 Å². The van der Waals surface area contributed by atoms with E-state index in [0.717, 1.165) is 0 Å². The molecule has 0 spiro atoms. The summed E-state index contributed by atoms with van der Waals surface area (Å²) in [4.78, 5) is 22.7. The molecule has 1 rings (SSSR count). The first-order valence-electron chi connectivity index (χ1n) is 6.20. The fourth-order valence-electron chi connectivity index (χ4n) is 1.53. The molecule has 0 saturated carbocycles. The summed E-state index contributed by atoms with van der Waals surface area (Å²) >= 11 is 5.80. The van der Waals surface area contributed by atoms with Crippen molar-refractivity contribution in [2.75, 3.05) is 25.1 Å². The number of carboxylic acids is 1. The highest BCUT2D eigenvalue weighted by atomic mass is 35.5. The van der Waals surface area contributed by atoms with Gasteiger partial charge in [-0.2, -0.15) is 0 Å². The van der Waals surface area contributed by atoms with Crippen LogP contribution < -0.4 is 10.6 Å². The summed E-state index contributed by atoms with van der Waals surface area (Å²) in [7, 11) is 0. The van der Waals surface area contributed by atoms with Crippen molar-refractivity contribution >= 4 is 29.3 Å². The molecule has 0 saturated heterocycles. The maximum atomic E-state index is 11.6. The molecule has 0 unspecified atom stereocenters. The maximum Gasteiger partial charge on any atom is 0.339 e. The highest BCUT2D eigenvalue weighted by Crippen LogP contribution is 2.24. The Balaban J connectivity index is 2.54. The van der Waals surface area contributed by atoms with Crippen molar-refractivity contribution in [3.63, 3.8) is 0 Å². The maximum absolute atomic E-state index is 11.6. The van der Waals surface area contributed by atoms with Crippen LogP contribution in [-0.4, -0.2) is 36.9 Å². The Morgan fingerprint density at radius 1 is 1.40 bits per heavy atom. The quantitative estimate of drug-likeness (QED) is 0.675. The third-order valence-corrected chi connectivity index (χ3v) is 2.75. The molecule has 0 aromatic heterocycles. The molecule has 0 aliphatic heterocycles. The zero-order valence-corrected chi connectivity index (χ0v) is 11.9. The topological polar surface area (TPSA) is 87.7 Å². The Morgan fingerprint density at radius 2 is 2.15 bits per heavy atom. The van der Waals surface area contributed by atoms with E-state index in [1.54, 1.807) is 6.07 Å². The van der Waals surface area contributed by atoms with E-state index >= 15 is 0 Å². The molecule has 0 heterocycles. The fourth-order valence-corrected chi connectivity index (χ4v) is 1.79. The van der Waals surface area contributed by atoms with Gasteiger partial charge in [0.2, 0.25) is 0 Å². The van der Waals surface area contributed by atoms with Crippen LogP contribution >= 0.6 is 11.6 Å². The zero-order chi connectivity index (χ0) is 15.0. The van der Waals surface area contributed by atoms with Crippen molar-refractivity contribution in [3.8, 4) is 0 Å². The molecule has 20 heavy (non-hydrogen) atoms. The zero-order valence-electron chi connectivity index (χ0n) is 11.1. The van der Waals surface area contributed by atoms with E-state index in [9.17, 15) is 9.59 Å².